The lowest BCUT2D eigenvalue weighted by Crippen LogP contribution is -2.10. The Bertz CT molecular complexity index is 1130. The fraction of sp³-hybridized carbons (Fsp3) is 0.273. The van der Waals surface area contributed by atoms with Crippen LogP contribution in [0.2, 0.25) is 0 Å². The second-order valence-electron chi connectivity index (χ2n) is 6.21. The number of aromatic nitrogens is 1. The number of rotatable bonds is 6. The van der Waals surface area contributed by atoms with Gasteiger partial charge in [-0.1, -0.05) is 13.5 Å². The largest absolute Gasteiger partial charge is 0.467 e. The van der Waals surface area contributed by atoms with Crippen molar-refractivity contribution in [3.8, 4) is 17.5 Å². The van der Waals surface area contributed by atoms with Gasteiger partial charge in [0.2, 0.25) is 0 Å². The number of halogens is 3. The molecule has 0 aliphatic heterocycles. The Morgan fingerprint density at radius 3 is 2.55 bits per heavy atom. The van der Waals surface area contributed by atoms with E-state index in [4.69, 9.17) is 14.2 Å². The number of esters is 1. The van der Waals surface area contributed by atoms with Gasteiger partial charge < -0.3 is 18.8 Å². The maximum Gasteiger partial charge on any atom is 0.416 e. The van der Waals surface area contributed by atoms with E-state index in [0.29, 0.717) is 11.1 Å². The summed E-state index contributed by atoms with van der Waals surface area (Å²) in [7, 11) is 1.41. The highest BCUT2D eigenvalue weighted by Crippen LogP contribution is 2.34. The van der Waals surface area contributed by atoms with Crippen LogP contribution >= 0.6 is 0 Å². The molecule has 0 aliphatic carbocycles. The summed E-state index contributed by atoms with van der Waals surface area (Å²) in [5.41, 5.74) is 0.124. The monoisotopic (exact) mass is 434 g/mol. The Hall–Kier alpha value is -3.51. The Balaban J connectivity index is 0.00000341. The summed E-state index contributed by atoms with van der Waals surface area (Å²) in [4.78, 5) is 12.2. The van der Waals surface area contributed by atoms with Gasteiger partial charge >= 0.3 is 12.1 Å². The highest BCUT2D eigenvalue weighted by Gasteiger charge is 2.31. The number of carbonyl (C=O) groups is 1. The predicted octanol–water partition coefficient (Wildman–Crippen LogP) is 5.32. The molecule has 9 heteroatoms. The third kappa shape index (κ3) is 4.81. The molecule has 0 radical (unpaired) electrons. The maximum atomic E-state index is 13.2. The molecule has 0 aliphatic rings. The first-order chi connectivity index (χ1) is 14.3. The summed E-state index contributed by atoms with van der Waals surface area (Å²) in [6, 6.07) is 9.63. The summed E-state index contributed by atoms with van der Waals surface area (Å²) < 4.78 is 56.4. The van der Waals surface area contributed by atoms with E-state index in [1.54, 1.807) is 6.92 Å². The van der Waals surface area contributed by atoms with Crippen LogP contribution in [0.25, 0.3) is 16.6 Å². The van der Waals surface area contributed by atoms with Gasteiger partial charge in [-0.25, -0.2) is 4.79 Å². The van der Waals surface area contributed by atoms with Gasteiger partial charge in [0.05, 0.1) is 23.3 Å². The number of fused-ring (bicyclic) bond motifs is 1. The molecule has 0 unspecified atom stereocenters. The van der Waals surface area contributed by atoms with Gasteiger partial charge in [-0.05, 0) is 31.2 Å². The van der Waals surface area contributed by atoms with Crippen LogP contribution in [0.5, 0.6) is 5.75 Å². The minimum absolute atomic E-state index is 0. The molecule has 0 bridgehead atoms. The fourth-order valence-corrected chi connectivity index (χ4v) is 2.99. The third-order valence-corrected chi connectivity index (χ3v) is 4.32. The lowest BCUT2D eigenvalue weighted by molar-refractivity contribution is -0.137. The highest BCUT2D eigenvalue weighted by molar-refractivity contribution is 5.93. The second kappa shape index (κ2) is 9.53. The van der Waals surface area contributed by atoms with Crippen LogP contribution in [0.15, 0.2) is 42.6 Å². The van der Waals surface area contributed by atoms with Crippen LogP contribution in [0.4, 0.5) is 13.2 Å². The summed E-state index contributed by atoms with van der Waals surface area (Å²) >= 11 is 0. The fourth-order valence-electron chi connectivity index (χ4n) is 2.99. The van der Waals surface area contributed by atoms with Gasteiger partial charge in [0.1, 0.15) is 17.4 Å². The molecule has 0 saturated heterocycles. The van der Waals surface area contributed by atoms with E-state index >= 15 is 0 Å². The number of nitrogens with zero attached hydrogens (tertiary/aromatic N) is 2. The van der Waals surface area contributed by atoms with E-state index in [1.165, 1.54) is 42.1 Å². The van der Waals surface area contributed by atoms with E-state index in [9.17, 15) is 23.2 Å². The van der Waals surface area contributed by atoms with Crippen molar-refractivity contribution in [1.82, 2.24) is 4.57 Å². The number of carbonyl (C=O) groups excluding carboxylic acids is 1. The molecule has 6 nitrogen and oxygen atoms in total. The van der Waals surface area contributed by atoms with E-state index in [0.717, 1.165) is 12.1 Å². The van der Waals surface area contributed by atoms with Crippen LogP contribution in [-0.2, 0) is 15.7 Å². The molecule has 31 heavy (non-hydrogen) atoms. The highest BCUT2D eigenvalue weighted by atomic mass is 19.4. The zero-order valence-electron chi connectivity index (χ0n) is 16.1. The van der Waals surface area contributed by atoms with Gasteiger partial charge in [-0.15, -0.1) is 0 Å². The number of alkyl halides is 3. The molecule has 1 heterocycles. The van der Waals surface area contributed by atoms with Crippen molar-refractivity contribution in [3.05, 3.63) is 59.3 Å². The van der Waals surface area contributed by atoms with E-state index in [1.807, 2.05) is 6.07 Å². The minimum atomic E-state index is -4.53. The Morgan fingerprint density at radius 1 is 1.19 bits per heavy atom. The third-order valence-electron chi connectivity index (χ3n) is 4.32. The molecular weight excluding hydrogens is 413 g/mol. The van der Waals surface area contributed by atoms with Gasteiger partial charge in [0.25, 0.3) is 0 Å². The predicted molar refractivity (Wildman–Crippen MR) is 108 cm³/mol. The van der Waals surface area contributed by atoms with Gasteiger partial charge in [-0.3, -0.25) is 0 Å². The molecule has 2 aromatic carbocycles. The molecule has 0 saturated carbocycles. The van der Waals surface area contributed by atoms with E-state index < -0.39 is 17.7 Å². The lowest BCUT2D eigenvalue weighted by Gasteiger charge is -2.14. The summed E-state index contributed by atoms with van der Waals surface area (Å²) in [6.07, 6.45) is -3.10. The van der Waals surface area contributed by atoms with Crippen LogP contribution < -0.4 is 4.74 Å². The zero-order valence-corrected chi connectivity index (χ0v) is 16.1. The first-order valence-corrected chi connectivity index (χ1v) is 8.85. The average Bonchev–Trinajstić information content (AvgIpc) is 3.09. The van der Waals surface area contributed by atoms with Gasteiger partial charge in [-0.2, -0.15) is 18.4 Å². The van der Waals surface area contributed by atoms with Crippen molar-refractivity contribution in [3.63, 3.8) is 0 Å². The maximum absolute atomic E-state index is 13.2. The van der Waals surface area contributed by atoms with Crippen molar-refractivity contribution in [1.29, 1.82) is 5.26 Å². The lowest BCUT2D eigenvalue weighted by atomic mass is 10.1. The van der Waals surface area contributed by atoms with Crippen molar-refractivity contribution in [2.45, 2.75) is 20.5 Å². The molecule has 0 fully saturated rings. The Morgan fingerprint density at radius 2 is 1.94 bits per heavy atom. The normalized spacial score (nSPS) is 11.0. The number of hydrogen-bond acceptors (Lipinski definition) is 5. The summed E-state index contributed by atoms with van der Waals surface area (Å²) in [6.45, 7) is 1.68. The van der Waals surface area contributed by atoms with Crippen LogP contribution in [-0.4, -0.2) is 31.0 Å². The number of ether oxygens (including phenoxy) is 3. The number of methoxy groups -OCH3 is 1. The van der Waals surface area contributed by atoms with Crippen molar-refractivity contribution < 1.29 is 32.2 Å². The first-order valence-electron chi connectivity index (χ1n) is 8.85. The second-order valence-corrected chi connectivity index (χ2v) is 6.21. The van der Waals surface area contributed by atoms with Crippen LogP contribution in [0, 0.1) is 11.3 Å². The summed E-state index contributed by atoms with van der Waals surface area (Å²) in [5.74, 6) is -0.468. The SMILES string of the molecule is C.CCOC(=O)c1ccc(-n2cc(C#N)c3ccc(C(F)(F)F)cc32)cc1OCOC. The molecule has 0 atom stereocenters. The minimum Gasteiger partial charge on any atom is -0.467 e. The van der Waals surface area contributed by atoms with Gasteiger partial charge in [0.15, 0.2) is 6.79 Å². The standard InChI is InChI=1S/C21H17F3N2O4.CH4/c1-3-29-20(27)17-7-5-15(9-19(17)30-12-28-2)26-11-13(10-25)16-6-4-14(8-18(16)26)21(22,23)24;/h4-9,11H,3,12H2,1-2H3;1H4. The molecule has 1 aromatic heterocycles. The van der Waals surface area contributed by atoms with E-state index in [-0.39, 0.29) is 43.2 Å². The number of nitriles is 1. The quantitative estimate of drug-likeness (QED) is 0.388. The molecule has 0 spiro atoms. The smallest absolute Gasteiger partial charge is 0.416 e. The van der Waals surface area contributed by atoms with E-state index in [2.05, 4.69) is 0 Å². The number of benzene rings is 2. The van der Waals surface area contributed by atoms with Crippen LogP contribution in [0.1, 0.15) is 35.8 Å². The Kier molecular flexibility index (Phi) is 7.31. The topological polar surface area (TPSA) is 73.5 Å². The van der Waals surface area contributed by atoms with Crippen molar-refractivity contribution in [2.24, 2.45) is 0 Å². The molecule has 3 rings (SSSR count). The van der Waals surface area contributed by atoms with Crippen LogP contribution in [0.3, 0.4) is 0 Å². The van der Waals surface area contributed by atoms with Crippen molar-refractivity contribution >= 4 is 16.9 Å². The Labute approximate surface area is 177 Å². The molecule has 3 aromatic rings. The molecule has 0 amide bonds. The molecular formula is C22H21F3N2O4. The molecule has 164 valence electrons. The first kappa shape index (κ1) is 23.8. The molecule has 0 N–H and O–H groups in total. The number of hydrogen-bond donors (Lipinski definition) is 0. The average molecular weight is 434 g/mol. The van der Waals surface area contributed by atoms with Gasteiger partial charge in [0, 0.05) is 30.4 Å². The van der Waals surface area contributed by atoms with Crippen molar-refractivity contribution in [2.75, 3.05) is 20.5 Å². The summed E-state index contributed by atoms with van der Waals surface area (Å²) in [5, 5.41) is 9.76. The zero-order chi connectivity index (χ0) is 21.9.